The maximum absolute atomic E-state index is 13.9. The van der Waals surface area contributed by atoms with Crippen molar-refractivity contribution in [3.05, 3.63) is 62.7 Å². The number of carbonyl (C=O) groups excluding carboxylic acids is 1. The highest BCUT2D eigenvalue weighted by molar-refractivity contribution is 5.94. The van der Waals surface area contributed by atoms with Crippen molar-refractivity contribution in [1.82, 2.24) is 0 Å². The quantitative estimate of drug-likeness (QED) is 0.217. The van der Waals surface area contributed by atoms with E-state index in [0.717, 1.165) is 0 Å². The molecule has 0 aliphatic carbocycles. The number of hydrogen-bond donors (Lipinski definition) is 0. The first kappa shape index (κ1) is 21.9. The minimum absolute atomic E-state index is 0.195. The van der Waals surface area contributed by atoms with Crippen LogP contribution in [0.5, 0.6) is 11.5 Å². The van der Waals surface area contributed by atoms with Crippen molar-refractivity contribution in [3.8, 4) is 11.5 Å². The number of halogens is 7. The third-order valence-electron chi connectivity index (χ3n) is 3.39. The van der Waals surface area contributed by atoms with Gasteiger partial charge in [0, 0.05) is 12.1 Å². The van der Waals surface area contributed by atoms with Crippen LogP contribution in [0, 0.1) is 33.4 Å². The number of nitro benzene ring substituents is 1. The molecule has 0 aromatic heterocycles. The highest BCUT2D eigenvalue weighted by Crippen LogP contribution is 2.40. The first-order chi connectivity index (χ1) is 13.4. The number of alkyl halides is 3. The molecule has 0 saturated carbocycles. The van der Waals surface area contributed by atoms with Crippen LogP contribution >= 0.6 is 0 Å². The Hall–Kier alpha value is -3.38. The number of nitrogens with zero attached hydrogens (tertiary/aromatic N) is 1. The largest absolute Gasteiger partial charge is 0.462 e. The molecule has 2 rings (SSSR count). The van der Waals surface area contributed by atoms with Crippen molar-refractivity contribution in [1.29, 1.82) is 0 Å². The van der Waals surface area contributed by atoms with Crippen LogP contribution in [0.2, 0.25) is 0 Å². The fourth-order valence-corrected chi connectivity index (χ4v) is 2.18. The van der Waals surface area contributed by atoms with Crippen LogP contribution in [0.1, 0.15) is 22.8 Å². The van der Waals surface area contributed by atoms with Gasteiger partial charge in [-0.15, -0.1) is 0 Å². The van der Waals surface area contributed by atoms with E-state index in [-0.39, 0.29) is 6.61 Å². The van der Waals surface area contributed by atoms with E-state index in [1.807, 2.05) is 0 Å². The molecule has 29 heavy (non-hydrogen) atoms. The molecule has 0 unspecified atom stereocenters. The van der Waals surface area contributed by atoms with Gasteiger partial charge in [-0.3, -0.25) is 10.1 Å². The molecule has 6 nitrogen and oxygen atoms in total. The summed E-state index contributed by atoms with van der Waals surface area (Å²) in [6.45, 7) is 1.18. The van der Waals surface area contributed by atoms with Gasteiger partial charge in [-0.05, 0) is 13.0 Å². The van der Waals surface area contributed by atoms with Crippen LogP contribution in [-0.4, -0.2) is 17.5 Å². The second-order valence-electron chi connectivity index (χ2n) is 5.22. The smallest absolute Gasteiger partial charge is 0.422 e. The Bertz CT molecular complexity index is 962. The predicted molar refractivity (Wildman–Crippen MR) is 80.4 cm³/mol. The summed E-state index contributed by atoms with van der Waals surface area (Å²) in [6, 6.07) is 1.93. The molecule has 13 heteroatoms. The molecule has 156 valence electrons. The molecule has 0 amide bonds. The molecule has 0 bridgehead atoms. The van der Waals surface area contributed by atoms with Crippen molar-refractivity contribution in [2.24, 2.45) is 0 Å². The van der Waals surface area contributed by atoms with Gasteiger partial charge in [-0.2, -0.15) is 22.0 Å². The predicted octanol–water partition coefficient (Wildman–Crippen LogP) is 5.14. The fraction of sp³-hybridized carbons (Fsp3) is 0.188. The lowest BCUT2D eigenvalue weighted by molar-refractivity contribution is -0.385. The summed E-state index contributed by atoms with van der Waals surface area (Å²) in [4.78, 5) is 21.8. The third kappa shape index (κ3) is 4.22. The number of rotatable bonds is 5. The molecule has 0 fully saturated rings. The van der Waals surface area contributed by atoms with Gasteiger partial charge in [-0.1, -0.05) is 0 Å². The Morgan fingerprint density at radius 2 is 1.62 bits per heavy atom. The maximum Gasteiger partial charge on any atom is 0.422 e. The lowest BCUT2D eigenvalue weighted by Crippen LogP contribution is -2.15. The molecule has 0 heterocycles. The summed E-state index contributed by atoms with van der Waals surface area (Å²) >= 11 is 0. The molecule has 0 N–H and O–H groups in total. The number of nitro groups is 1. The fourth-order valence-electron chi connectivity index (χ4n) is 2.18. The summed E-state index contributed by atoms with van der Waals surface area (Å²) in [5, 5.41) is 11.0. The van der Waals surface area contributed by atoms with Crippen LogP contribution in [0.4, 0.5) is 36.4 Å². The first-order valence-corrected chi connectivity index (χ1v) is 7.46. The molecular formula is C16H8F7NO5. The topological polar surface area (TPSA) is 78.7 Å². The van der Waals surface area contributed by atoms with Crippen LogP contribution in [0.3, 0.4) is 0 Å². The Labute approximate surface area is 156 Å². The Kier molecular flexibility index (Phi) is 5.99. The van der Waals surface area contributed by atoms with Gasteiger partial charge in [0.05, 0.1) is 11.5 Å². The molecular weight excluding hydrogens is 419 g/mol. The van der Waals surface area contributed by atoms with Crippen molar-refractivity contribution in [2.45, 2.75) is 13.1 Å². The van der Waals surface area contributed by atoms with E-state index in [1.165, 1.54) is 6.92 Å². The van der Waals surface area contributed by atoms with E-state index in [1.54, 1.807) is 0 Å². The number of carbonyl (C=O) groups is 1. The van der Waals surface area contributed by atoms with E-state index in [4.69, 9.17) is 0 Å². The molecule has 0 spiro atoms. The second kappa shape index (κ2) is 7.93. The molecule has 0 aliphatic rings. The van der Waals surface area contributed by atoms with Gasteiger partial charge < -0.3 is 9.47 Å². The standard InChI is InChI=1S/C16H8F7NO5/c1-2-28-15(25)7-5-6(3-4-8(7)24(26)27)29-14-12(19)10(17)9(16(21,22)23)11(18)13(14)20/h3-5H,2H2,1H3. The summed E-state index contributed by atoms with van der Waals surface area (Å²) in [7, 11) is 0. The SMILES string of the molecule is CCOC(=O)c1cc(Oc2c(F)c(F)c(C(F)(F)F)c(F)c2F)ccc1[N+](=O)[O-]. The van der Waals surface area contributed by atoms with E-state index < -0.39 is 68.7 Å². The molecule has 0 atom stereocenters. The van der Waals surface area contributed by atoms with Crippen molar-refractivity contribution >= 4 is 11.7 Å². The zero-order chi connectivity index (χ0) is 22.1. The lowest BCUT2D eigenvalue weighted by atomic mass is 10.1. The molecule has 0 aliphatic heterocycles. The van der Waals surface area contributed by atoms with E-state index >= 15 is 0 Å². The average Bonchev–Trinajstić information content (AvgIpc) is 2.62. The summed E-state index contributed by atoms with van der Waals surface area (Å²) in [5.74, 6) is -14.3. The number of ether oxygens (including phenoxy) is 2. The van der Waals surface area contributed by atoms with E-state index in [9.17, 15) is 45.6 Å². The minimum atomic E-state index is -5.74. The highest BCUT2D eigenvalue weighted by Gasteiger charge is 2.43. The van der Waals surface area contributed by atoms with E-state index in [2.05, 4.69) is 9.47 Å². The zero-order valence-electron chi connectivity index (χ0n) is 14.1. The van der Waals surface area contributed by atoms with Crippen LogP contribution in [0.25, 0.3) is 0 Å². The van der Waals surface area contributed by atoms with Crippen molar-refractivity contribution in [3.63, 3.8) is 0 Å². The minimum Gasteiger partial charge on any atom is -0.462 e. The monoisotopic (exact) mass is 427 g/mol. The van der Waals surface area contributed by atoms with Crippen LogP contribution < -0.4 is 4.74 Å². The van der Waals surface area contributed by atoms with Crippen molar-refractivity contribution in [2.75, 3.05) is 6.61 Å². The first-order valence-electron chi connectivity index (χ1n) is 7.46. The van der Waals surface area contributed by atoms with Gasteiger partial charge in [0.1, 0.15) is 16.9 Å². The molecule has 2 aromatic carbocycles. The maximum atomic E-state index is 13.9. The van der Waals surface area contributed by atoms with Gasteiger partial charge in [0.15, 0.2) is 11.6 Å². The Balaban J connectivity index is 2.59. The second-order valence-corrected chi connectivity index (χ2v) is 5.22. The van der Waals surface area contributed by atoms with Crippen LogP contribution in [0.15, 0.2) is 18.2 Å². The third-order valence-corrected chi connectivity index (χ3v) is 3.39. The number of benzene rings is 2. The number of hydrogen-bond acceptors (Lipinski definition) is 5. The number of esters is 1. The van der Waals surface area contributed by atoms with Gasteiger partial charge in [0.25, 0.3) is 5.69 Å². The average molecular weight is 427 g/mol. The summed E-state index contributed by atoms with van der Waals surface area (Å²) in [6.07, 6.45) is -5.74. The summed E-state index contributed by atoms with van der Waals surface area (Å²) < 4.78 is 102. The van der Waals surface area contributed by atoms with Gasteiger partial charge in [-0.25, -0.2) is 13.6 Å². The molecule has 2 aromatic rings. The van der Waals surface area contributed by atoms with Gasteiger partial charge in [0.2, 0.25) is 17.4 Å². The molecule has 0 radical (unpaired) electrons. The zero-order valence-corrected chi connectivity index (χ0v) is 14.1. The van der Waals surface area contributed by atoms with Crippen LogP contribution in [-0.2, 0) is 10.9 Å². The summed E-state index contributed by atoms with van der Waals surface area (Å²) in [5.41, 5.74) is -4.32. The van der Waals surface area contributed by atoms with Crippen molar-refractivity contribution < 1.29 is 49.9 Å². The van der Waals surface area contributed by atoms with E-state index in [0.29, 0.717) is 18.2 Å². The molecule has 0 saturated heterocycles. The Morgan fingerprint density at radius 1 is 1.07 bits per heavy atom. The lowest BCUT2D eigenvalue weighted by Gasteiger charge is -2.14. The highest BCUT2D eigenvalue weighted by atomic mass is 19.4. The Morgan fingerprint density at radius 3 is 2.07 bits per heavy atom. The normalized spacial score (nSPS) is 11.3. The van der Waals surface area contributed by atoms with Gasteiger partial charge >= 0.3 is 12.1 Å².